The van der Waals surface area contributed by atoms with Gasteiger partial charge in [-0.1, -0.05) is 48.0 Å². The highest BCUT2D eigenvalue weighted by Crippen LogP contribution is 2.38. The Hall–Kier alpha value is -3.03. The molecule has 1 aliphatic carbocycles. The molecule has 1 fully saturated rings. The first-order valence-corrected chi connectivity index (χ1v) is 12.8. The molecule has 34 heavy (non-hydrogen) atoms. The molecule has 176 valence electrons. The standard InChI is InChI=1S/C27H30N4O2S/c1-18-7-9-20(10-8-18)25(32)30-27-29-24-22(11-12-23(24)34-27)26(33)28-21-13-15-31(16-14-21)17-19-5-3-2-4-6-19/h2-10,21-22H,11-17H2,1H3,(H,28,33)(H,29,30,32). The fraction of sp³-hybridized carbons (Fsp3) is 0.370. The summed E-state index contributed by atoms with van der Waals surface area (Å²) >= 11 is 1.49. The van der Waals surface area contributed by atoms with E-state index in [1.165, 1.54) is 16.9 Å². The predicted molar refractivity (Wildman–Crippen MR) is 135 cm³/mol. The number of nitrogens with one attached hydrogen (secondary N) is 2. The van der Waals surface area contributed by atoms with Crippen molar-refractivity contribution in [2.24, 2.45) is 0 Å². The zero-order chi connectivity index (χ0) is 23.5. The van der Waals surface area contributed by atoms with Gasteiger partial charge in [-0.05, 0) is 50.3 Å². The molecule has 1 aromatic heterocycles. The Morgan fingerprint density at radius 2 is 1.76 bits per heavy atom. The van der Waals surface area contributed by atoms with E-state index in [9.17, 15) is 9.59 Å². The van der Waals surface area contributed by atoms with Gasteiger partial charge in [-0.2, -0.15) is 0 Å². The largest absolute Gasteiger partial charge is 0.353 e. The number of rotatable bonds is 6. The summed E-state index contributed by atoms with van der Waals surface area (Å²) < 4.78 is 0. The molecule has 6 nitrogen and oxygen atoms in total. The number of benzene rings is 2. The number of likely N-dealkylation sites (tertiary alicyclic amines) is 1. The second kappa shape index (κ2) is 10.1. The molecule has 3 aromatic rings. The molecule has 0 spiro atoms. The Balaban J connectivity index is 1.14. The molecular formula is C27H30N4O2S. The maximum atomic E-state index is 13.1. The second-order valence-electron chi connectivity index (χ2n) is 9.28. The smallest absolute Gasteiger partial charge is 0.257 e. The van der Waals surface area contributed by atoms with Crippen LogP contribution >= 0.6 is 11.3 Å². The van der Waals surface area contributed by atoms with Crippen molar-refractivity contribution in [3.63, 3.8) is 0 Å². The van der Waals surface area contributed by atoms with Crippen LogP contribution in [0.3, 0.4) is 0 Å². The Morgan fingerprint density at radius 3 is 2.50 bits per heavy atom. The summed E-state index contributed by atoms with van der Waals surface area (Å²) in [6.07, 6.45) is 3.56. The van der Waals surface area contributed by atoms with Gasteiger partial charge in [0, 0.05) is 36.1 Å². The number of nitrogens with zero attached hydrogens (tertiary/aromatic N) is 2. The number of thiazole rings is 1. The number of piperidine rings is 1. The van der Waals surface area contributed by atoms with E-state index >= 15 is 0 Å². The quantitative estimate of drug-likeness (QED) is 0.551. The number of carbonyl (C=O) groups excluding carboxylic acids is 2. The first-order chi connectivity index (χ1) is 16.5. The normalized spacial score (nSPS) is 18.4. The van der Waals surface area contributed by atoms with Gasteiger partial charge in [0.2, 0.25) is 5.91 Å². The van der Waals surface area contributed by atoms with Crippen LogP contribution in [0.1, 0.15) is 57.2 Å². The summed E-state index contributed by atoms with van der Waals surface area (Å²) in [5.74, 6) is -0.323. The lowest BCUT2D eigenvalue weighted by atomic mass is 10.0. The van der Waals surface area contributed by atoms with E-state index in [2.05, 4.69) is 44.8 Å². The van der Waals surface area contributed by atoms with Gasteiger partial charge in [-0.3, -0.25) is 19.8 Å². The molecule has 2 heterocycles. The lowest BCUT2D eigenvalue weighted by Gasteiger charge is -2.32. The first-order valence-electron chi connectivity index (χ1n) is 12.0. The predicted octanol–water partition coefficient (Wildman–Crippen LogP) is 4.51. The van der Waals surface area contributed by atoms with E-state index in [0.29, 0.717) is 10.7 Å². The van der Waals surface area contributed by atoms with Crippen molar-refractivity contribution < 1.29 is 9.59 Å². The third-order valence-corrected chi connectivity index (χ3v) is 7.80. The number of aromatic nitrogens is 1. The van der Waals surface area contributed by atoms with Crippen LogP contribution in [0.25, 0.3) is 0 Å². The highest BCUT2D eigenvalue weighted by Gasteiger charge is 2.34. The minimum atomic E-state index is -0.223. The first kappa shape index (κ1) is 22.7. The van der Waals surface area contributed by atoms with Gasteiger partial charge in [0.25, 0.3) is 5.91 Å². The molecule has 1 aliphatic heterocycles. The van der Waals surface area contributed by atoms with Gasteiger partial charge in [0.05, 0.1) is 11.6 Å². The third-order valence-electron chi connectivity index (χ3n) is 6.75. The summed E-state index contributed by atoms with van der Waals surface area (Å²) in [5.41, 5.74) is 3.88. The molecular weight excluding hydrogens is 444 g/mol. The summed E-state index contributed by atoms with van der Waals surface area (Å²) in [4.78, 5) is 33.8. The van der Waals surface area contributed by atoms with Crippen LogP contribution in [0.2, 0.25) is 0 Å². The average molecular weight is 475 g/mol. The van der Waals surface area contributed by atoms with Crippen LogP contribution in [0.5, 0.6) is 0 Å². The van der Waals surface area contributed by atoms with Crippen LogP contribution in [-0.2, 0) is 17.8 Å². The van der Waals surface area contributed by atoms with Gasteiger partial charge in [-0.15, -0.1) is 11.3 Å². The van der Waals surface area contributed by atoms with Crippen LogP contribution in [0.4, 0.5) is 5.13 Å². The second-order valence-corrected chi connectivity index (χ2v) is 10.4. The Kier molecular flexibility index (Phi) is 6.74. The summed E-state index contributed by atoms with van der Waals surface area (Å²) in [5, 5.41) is 6.75. The summed E-state index contributed by atoms with van der Waals surface area (Å²) in [7, 11) is 0. The fourth-order valence-electron chi connectivity index (χ4n) is 4.79. The molecule has 2 N–H and O–H groups in total. The summed E-state index contributed by atoms with van der Waals surface area (Å²) in [6, 6.07) is 18.2. The van der Waals surface area contributed by atoms with Crippen molar-refractivity contribution in [2.45, 2.75) is 51.1 Å². The molecule has 1 unspecified atom stereocenters. The highest BCUT2D eigenvalue weighted by atomic mass is 32.1. The third kappa shape index (κ3) is 5.21. The molecule has 2 amide bonds. The van der Waals surface area contributed by atoms with E-state index in [0.717, 1.165) is 61.5 Å². The number of hydrogen-bond acceptors (Lipinski definition) is 5. The monoisotopic (exact) mass is 474 g/mol. The number of amides is 2. The maximum Gasteiger partial charge on any atom is 0.257 e. The van der Waals surface area contributed by atoms with Gasteiger partial charge < -0.3 is 5.32 Å². The molecule has 1 atom stereocenters. The van der Waals surface area contributed by atoms with Gasteiger partial charge in [0.15, 0.2) is 5.13 Å². The maximum absolute atomic E-state index is 13.1. The van der Waals surface area contributed by atoms with E-state index in [1.807, 2.05) is 37.3 Å². The highest BCUT2D eigenvalue weighted by molar-refractivity contribution is 7.16. The molecule has 0 bridgehead atoms. The van der Waals surface area contributed by atoms with E-state index in [4.69, 9.17) is 0 Å². The zero-order valence-corrected chi connectivity index (χ0v) is 20.2. The minimum Gasteiger partial charge on any atom is -0.353 e. The lowest BCUT2D eigenvalue weighted by Crippen LogP contribution is -2.45. The topological polar surface area (TPSA) is 74.3 Å². The van der Waals surface area contributed by atoms with Crippen LogP contribution in [0.15, 0.2) is 54.6 Å². The summed E-state index contributed by atoms with van der Waals surface area (Å²) in [6.45, 7) is 4.93. The minimum absolute atomic E-state index is 0.0713. The van der Waals surface area contributed by atoms with Crippen molar-refractivity contribution in [3.05, 3.63) is 81.9 Å². The lowest BCUT2D eigenvalue weighted by molar-refractivity contribution is -0.123. The van der Waals surface area contributed by atoms with Crippen molar-refractivity contribution in [3.8, 4) is 0 Å². The van der Waals surface area contributed by atoms with Crippen LogP contribution in [-0.4, -0.2) is 40.8 Å². The van der Waals surface area contributed by atoms with E-state index in [-0.39, 0.29) is 23.8 Å². The van der Waals surface area contributed by atoms with Crippen molar-refractivity contribution in [1.82, 2.24) is 15.2 Å². The van der Waals surface area contributed by atoms with Gasteiger partial charge in [-0.25, -0.2) is 4.98 Å². The number of hydrogen-bond donors (Lipinski definition) is 2. The van der Waals surface area contributed by atoms with Crippen molar-refractivity contribution in [2.75, 3.05) is 18.4 Å². The van der Waals surface area contributed by atoms with Crippen LogP contribution < -0.4 is 10.6 Å². The molecule has 0 radical (unpaired) electrons. The van der Waals surface area contributed by atoms with E-state index < -0.39 is 0 Å². The number of aryl methyl sites for hydroxylation is 2. The Bertz CT molecular complexity index is 1150. The Morgan fingerprint density at radius 1 is 1.03 bits per heavy atom. The molecule has 2 aromatic carbocycles. The van der Waals surface area contributed by atoms with E-state index in [1.54, 1.807) is 0 Å². The molecule has 5 rings (SSSR count). The molecule has 2 aliphatic rings. The SMILES string of the molecule is Cc1ccc(C(=O)Nc2nc3c(s2)CCC3C(=O)NC2CCN(Cc3ccccc3)CC2)cc1. The fourth-order valence-corrected chi connectivity index (χ4v) is 5.82. The van der Waals surface area contributed by atoms with Crippen molar-refractivity contribution >= 4 is 28.3 Å². The Labute approximate surface area is 204 Å². The van der Waals surface area contributed by atoms with Gasteiger partial charge in [0.1, 0.15) is 0 Å². The molecule has 1 saturated heterocycles. The van der Waals surface area contributed by atoms with Crippen molar-refractivity contribution in [1.29, 1.82) is 0 Å². The molecule has 7 heteroatoms. The zero-order valence-electron chi connectivity index (χ0n) is 19.4. The number of carbonyl (C=O) groups is 2. The van der Waals surface area contributed by atoms with Gasteiger partial charge >= 0.3 is 0 Å². The number of fused-ring (bicyclic) bond motifs is 1. The average Bonchev–Trinajstić information content (AvgIpc) is 3.41. The van der Waals surface area contributed by atoms with Crippen LogP contribution in [0, 0.1) is 6.92 Å². The number of anilines is 1. The molecule has 0 saturated carbocycles.